The maximum Gasteiger partial charge on any atom is 0.135 e. The molecule has 15 rings (SSSR count). The number of para-hydroxylation sites is 3. The molecule has 2 aromatic heterocycles. The molecule has 0 N–H and O–H groups in total. The van der Waals surface area contributed by atoms with E-state index in [-0.39, 0.29) is 0 Å². The third-order valence-corrected chi connectivity index (χ3v) is 15.1. The second-order valence-corrected chi connectivity index (χ2v) is 18.8. The minimum atomic E-state index is -0.436. The van der Waals surface area contributed by atoms with Crippen LogP contribution in [0.25, 0.3) is 99.5 Å². The Morgan fingerprint density at radius 1 is 0.243 bits per heavy atom. The number of hydrogen-bond donors (Lipinski definition) is 0. The highest BCUT2D eigenvalue weighted by Crippen LogP contribution is 2.63. The number of rotatable bonds is 6. The van der Waals surface area contributed by atoms with E-state index in [2.05, 4.69) is 229 Å². The van der Waals surface area contributed by atoms with Crippen LogP contribution < -0.4 is 4.90 Å². The maximum atomic E-state index is 6.27. The van der Waals surface area contributed by atoms with Crippen LogP contribution in [-0.4, -0.2) is 0 Å². The van der Waals surface area contributed by atoms with Gasteiger partial charge in [-0.25, -0.2) is 0 Å². The van der Waals surface area contributed by atoms with Crippen LogP contribution in [-0.2, 0) is 5.41 Å². The number of anilines is 3. The minimum absolute atomic E-state index is 0.436. The van der Waals surface area contributed by atoms with Gasteiger partial charge in [0, 0.05) is 38.6 Å². The molecule has 0 fully saturated rings. The van der Waals surface area contributed by atoms with Crippen molar-refractivity contribution >= 4 is 60.9 Å². The smallest absolute Gasteiger partial charge is 0.135 e. The fraction of sp³-hybridized carbons (Fsp3) is 0.0149. The summed E-state index contributed by atoms with van der Waals surface area (Å²) in [6, 6.07) is 90.8. The topological polar surface area (TPSA) is 29.5 Å². The van der Waals surface area contributed by atoms with Crippen LogP contribution in [0.3, 0.4) is 0 Å². The Morgan fingerprint density at radius 2 is 0.643 bits per heavy atom. The van der Waals surface area contributed by atoms with Crippen LogP contribution in [0.2, 0.25) is 0 Å². The van der Waals surface area contributed by atoms with E-state index < -0.39 is 5.41 Å². The summed E-state index contributed by atoms with van der Waals surface area (Å²) in [7, 11) is 0. The summed E-state index contributed by atoms with van der Waals surface area (Å²) >= 11 is 0. The Morgan fingerprint density at radius 3 is 1.19 bits per heavy atom. The van der Waals surface area contributed by atoms with Crippen molar-refractivity contribution in [1.29, 1.82) is 0 Å². The standard InChI is InChI=1S/C67H41NO2/c1-2-14-48(15-3-1)68(50-32-33-54-53-18-6-11-23-61(53)67(62(54)41-50)59-21-9-4-16-51(59)52-17-5-10-22-60(52)67)49-30-26-42(27-31-49)45-36-46(43-28-34-65-57(39-43)55-19-7-12-24-63(55)69-65)38-47(37-45)44-29-35-66-58(40-44)56-20-8-13-25-64(56)70-66/h1-41H. The fourth-order valence-corrected chi connectivity index (χ4v) is 12.0. The Hall–Kier alpha value is -9.18. The van der Waals surface area contributed by atoms with Crippen LogP contribution >= 0.6 is 0 Å². The fourth-order valence-electron chi connectivity index (χ4n) is 12.0. The van der Waals surface area contributed by atoms with E-state index >= 15 is 0 Å². The van der Waals surface area contributed by atoms with Crippen LogP contribution in [0.5, 0.6) is 0 Å². The molecule has 0 bridgehead atoms. The molecule has 0 saturated heterocycles. The van der Waals surface area contributed by atoms with Gasteiger partial charge in [-0.15, -0.1) is 0 Å². The van der Waals surface area contributed by atoms with Gasteiger partial charge in [0.25, 0.3) is 0 Å². The summed E-state index contributed by atoms with van der Waals surface area (Å²) in [6.07, 6.45) is 0. The van der Waals surface area contributed by atoms with E-state index in [0.717, 1.165) is 94.3 Å². The summed E-state index contributed by atoms with van der Waals surface area (Å²) in [5.74, 6) is 0. The third-order valence-electron chi connectivity index (χ3n) is 15.1. The summed E-state index contributed by atoms with van der Waals surface area (Å²) in [4.78, 5) is 2.41. The highest BCUT2D eigenvalue weighted by molar-refractivity contribution is 6.08. The molecule has 2 heterocycles. The Labute approximate surface area is 404 Å². The van der Waals surface area contributed by atoms with Crippen molar-refractivity contribution < 1.29 is 8.83 Å². The van der Waals surface area contributed by atoms with Crippen molar-refractivity contribution in [1.82, 2.24) is 0 Å². The van der Waals surface area contributed by atoms with Gasteiger partial charge in [0.05, 0.1) is 5.41 Å². The number of benzene rings is 11. The molecule has 0 unspecified atom stereocenters. The molecule has 70 heavy (non-hydrogen) atoms. The van der Waals surface area contributed by atoms with Gasteiger partial charge in [0.1, 0.15) is 22.3 Å². The van der Waals surface area contributed by atoms with Gasteiger partial charge < -0.3 is 13.7 Å². The van der Waals surface area contributed by atoms with E-state index in [0.29, 0.717) is 0 Å². The van der Waals surface area contributed by atoms with E-state index in [1.54, 1.807) is 0 Å². The Bertz CT molecular complexity index is 4050. The zero-order valence-corrected chi connectivity index (χ0v) is 37.9. The summed E-state index contributed by atoms with van der Waals surface area (Å²) in [6.45, 7) is 0. The SMILES string of the molecule is c1ccc(N(c2ccc(-c3cc(-c4ccc5oc6ccccc6c5c4)cc(-c4ccc5oc6ccccc6c5c4)c3)cc2)c2ccc3c(c2)C2(c4ccccc4-c4ccccc42)c2ccccc2-3)cc1. The number of nitrogens with zero attached hydrogens (tertiary/aromatic N) is 1. The molecule has 2 aliphatic rings. The highest BCUT2D eigenvalue weighted by atomic mass is 16.3. The van der Waals surface area contributed by atoms with Crippen molar-refractivity contribution in [2.24, 2.45) is 0 Å². The molecular weight excluding hydrogens is 851 g/mol. The van der Waals surface area contributed by atoms with Gasteiger partial charge in [-0.1, -0.05) is 158 Å². The molecule has 1 spiro atoms. The Balaban J connectivity index is 0.882. The lowest BCUT2D eigenvalue weighted by atomic mass is 9.70. The van der Waals surface area contributed by atoms with Crippen molar-refractivity contribution in [3.8, 4) is 55.6 Å². The average molecular weight is 892 g/mol. The van der Waals surface area contributed by atoms with Gasteiger partial charge in [-0.05, 0) is 169 Å². The van der Waals surface area contributed by atoms with Crippen molar-refractivity contribution in [3.63, 3.8) is 0 Å². The first-order valence-corrected chi connectivity index (χ1v) is 24.1. The van der Waals surface area contributed by atoms with Crippen LogP contribution in [0.15, 0.2) is 258 Å². The molecule has 326 valence electrons. The minimum Gasteiger partial charge on any atom is -0.456 e. The lowest BCUT2D eigenvalue weighted by molar-refractivity contribution is 0.668. The van der Waals surface area contributed by atoms with Crippen LogP contribution in [0, 0.1) is 0 Å². The Kier molecular flexibility index (Phi) is 8.28. The number of furan rings is 2. The summed E-state index contributed by atoms with van der Waals surface area (Å²) in [5, 5.41) is 4.46. The zero-order chi connectivity index (χ0) is 45.9. The van der Waals surface area contributed by atoms with Crippen molar-refractivity contribution in [3.05, 3.63) is 271 Å². The molecule has 3 nitrogen and oxygen atoms in total. The molecular formula is C67H41NO2. The second kappa shape index (κ2) is 14.9. The van der Waals surface area contributed by atoms with Gasteiger partial charge in [-0.3, -0.25) is 0 Å². The molecule has 2 aliphatic carbocycles. The van der Waals surface area contributed by atoms with E-state index in [1.165, 1.54) is 44.5 Å². The zero-order valence-electron chi connectivity index (χ0n) is 37.9. The molecule has 0 amide bonds. The largest absolute Gasteiger partial charge is 0.456 e. The van der Waals surface area contributed by atoms with Gasteiger partial charge >= 0.3 is 0 Å². The van der Waals surface area contributed by atoms with E-state index in [4.69, 9.17) is 8.83 Å². The maximum absolute atomic E-state index is 6.27. The van der Waals surface area contributed by atoms with Gasteiger partial charge in [0.2, 0.25) is 0 Å². The molecule has 0 atom stereocenters. The second-order valence-electron chi connectivity index (χ2n) is 18.8. The normalized spacial score (nSPS) is 13.0. The van der Waals surface area contributed by atoms with Crippen LogP contribution in [0.4, 0.5) is 17.1 Å². The van der Waals surface area contributed by atoms with Gasteiger partial charge in [0.15, 0.2) is 0 Å². The number of fused-ring (bicyclic) bond motifs is 16. The van der Waals surface area contributed by atoms with Crippen molar-refractivity contribution in [2.45, 2.75) is 5.41 Å². The predicted octanol–water partition coefficient (Wildman–Crippen LogP) is 18.3. The summed E-state index contributed by atoms with van der Waals surface area (Å²) in [5.41, 5.74) is 23.7. The molecule has 0 radical (unpaired) electrons. The molecule has 3 heteroatoms. The van der Waals surface area contributed by atoms with E-state index in [9.17, 15) is 0 Å². The monoisotopic (exact) mass is 891 g/mol. The number of hydrogen-bond acceptors (Lipinski definition) is 3. The quantitative estimate of drug-likeness (QED) is 0.167. The average Bonchev–Trinajstić information content (AvgIpc) is 4.16. The van der Waals surface area contributed by atoms with E-state index in [1.807, 2.05) is 24.3 Å². The first kappa shape index (κ1) is 38.9. The lowest BCUT2D eigenvalue weighted by Crippen LogP contribution is -2.26. The first-order chi connectivity index (χ1) is 34.7. The molecule has 0 aliphatic heterocycles. The predicted molar refractivity (Wildman–Crippen MR) is 288 cm³/mol. The van der Waals surface area contributed by atoms with Crippen LogP contribution in [0.1, 0.15) is 22.3 Å². The third kappa shape index (κ3) is 5.63. The van der Waals surface area contributed by atoms with Crippen molar-refractivity contribution in [2.75, 3.05) is 4.90 Å². The highest BCUT2D eigenvalue weighted by Gasteiger charge is 2.51. The molecule has 0 saturated carbocycles. The first-order valence-electron chi connectivity index (χ1n) is 24.1. The molecule has 11 aromatic carbocycles. The summed E-state index contributed by atoms with van der Waals surface area (Å²) < 4.78 is 12.5. The lowest BCUT2D eigenvalue weighted by Gasteiger charge is -2.32. The molecule has 13 aromatic rings. The van der Waals surface area contributed by atoms with Gasteiger partial charge in [-0.2, -0.15) is 0 Å².